The zero-order chi connectivity index (χ0) is 15.5. The molecule has 4 rings (SSSR count). The fourth-order valence-electron chi connectivity index (χ4n) is 3.67. The molecule has 1 aromatic carbocycles. The largest absolute Gasteiger partial charge is 0.492 e. The van der Waals surface area contributed by atoms with Gasteiger partial charge in [0.2, 0.25) is 0 Å². The monoisotopic (exact) mass is 311 g/mol. The average molecular weight is 311 g/mol. The molecule has 4 nitrogen and oxygen atoms in total. The number of aryl methyl sites for hydroxylation is 1. The Bertz CT molecular complexity index is 680. The predicted octanol–water partition coefficient (Wildman–Crippen LogP) is 3.46. The van der Waals surface area contributed by atoms with E-state index >= 15 is 0 Å². The summed E-state index contributed by atoms with van der Waals surface area (Å²) in [5, 5.41) is 4.73. The normalized spacial score (nSPS) is 18.4. The molecular weight excluding hydrogens is 286 g/mol. The van der Waals surface area contributed by atoms with Gasteiger partial charge in [-0.15, -0.1) is 0 Å². The van der Waals surface area contributed by atoms with Crippen LogP contribution in [0.1, 0.15) is 31.2 Å². The molecule has 23 heavy (non-hydrogen) atoms. The van der Waals surface area contributed by atoms with Crippen LogP contribution in [0.2, 0.25) is 0 Å². The first-order valence-electron chi connectivity index (χ1n) is 8.91. The number of anilines is 1. The van der Waals surface area contributed by atoms with Crippen molar-refractivity contribution in [2.24, 2.45) is 0 Å². The number of benzene rings is 1. The van der Waals surface area contributed by atoms with E-state index in [4.69, 9.17) is 4.74 Å². The first-order chi connectivity index (χ1) is 11.4. The van der Waals surface area contributed by atoms with Crippen molar-refractivity contribution in [1.82, 2.24) is 9.88 Å². The van der Waals surface area contributed by atoms with Crippen molar-refractivity contribution in [1.29, 1.82) is 0 Å². The molecule has 0 spiro atoms. The van der Waals surface area contributed by atoms with Gasteiger partial charge in [-0.1, -0.05) is 6.42 Å². The molecule has 0 radical (unpaired) electrons. The van der Waals surface area contributed by atoms with Gasteiger partial charge in [-0.25, -0.2) is 0 Å². The summed E-state index contributed by atoms with van der Waals surface area (Å²) in [5.41, 5.74) is 3.62. The molecule has 2 aromatic rings. The number of nitrogens with zero attached hydrogens (tertiary/aromatic N) is 2. The van der Waals surface area contributed by atoms with Gasteiger partial charge in [0.1, 0.15) is 12.4 Å². The molecule has 2 aliphatic rings. The maximum absolute atomic E-state index is 6.01. The van der Waals surface area contributed by atoms with E-state index in [1.165, 1.54) is 55.4 Å². The number of piperidine rings is 1. The number of pyridine rings is 1. The molecular formula is C19H25N3O. The molecule has 0 amide bonds. The summed E-state index contributed by atoms with van der Waals surface area (Å²) in [6.07, 6.45) is 8.37. The molecule has 0 unspecified atom stereocenters. The minimum atomic E-state index is 0.765. The summed E-state index contributed by atoms with van der Waals surface area (Å²) in [7, 11) is 0. The maximum atomic E-state index is 6.01. The van der Waals surface area contributed by atoms with E-state index < -0.39 is 0 Å². The highest BCUT2D eigenvalue weighted by molar-refractivity contribution is 5.94. The van der Waals surface area contributed by atoms with Crippen molar-refractivity contribution in [3.05, 3.63) is 30.0 Å². The van der Waals surface area contributed by atoms with Crippen LogP contribution in [0.25, 0.3) is 10.9 Å². The Kier molecular flexibility index (Phi) is 4.33. The second-order valence-electron chi connectivity index (χ2n) is 6.62. The molecule has 2 aliphatic heterocycles. The number of fused-ring (bicyclic) bond motifs is 3. The number of nitrogens with one attached hydrogen (secondary N) is 1. The van der Waals surface area contributed by atoms with Crippen molar-refractivity contribution in [2.45, 2.75) is 32.1 Å². The Hall–Kier alpha value is -1.81. The number of likely N-dealkylation sites (tertiary alicyclic amines) is 1. The molecule has 3 heterocycles. The van der Waals surface area contributed by atoms with Gasteiger partial charge >= 0.3 is 0 Å². The van der Waals surface area contributed by atoms with Crippen LogP contribution in [0.15, 0.2) is 24.4 Å². The zero-order valence-electron chi connectivity index (χ0n) is 13.7. The van der Waals surface area contributed by atoms with E-state index in [-0.39, 0.29) is 0 Å². The predicted molar refractivity (Wildman–Crippen MR) is 94.3 cm³/mol. The Morgan fingerprint density at radius 3 is 2.96 bits per heavy atom. The summed E-state index contributed by atoms with van der Waals surface area (Å²) < 4.78 is 6.01. The topological polar surface area (TPSA) is 37.4 Å². The maximum Gasteiger partial charge on any atom is 0.120 e. The van der Waals surface area contributed by atoms with E-state index in [9.17, 15) is 0 Å². The summed E-state index contributed by atoms with van der Waals surface area (Å²) in [6, 6.07) is 6.26. The zero-order valence-corrected chi connectivity index (χ0v) is 13.7. The van der Waals surface area contributed by atoms with Gasteiger partial charge in [-0.2, -0.15) is 0 Å². The van der Waals surface area contributed by atoms with E-state index in [0.717, 1.165) is 37.4 Å². The number of aromatic nitrogens is 1. The summed E-state index contributed by atoms with van der Waals surface area (Å²) in [6.45, 7) is 5.29. The van der Waals surface area contributed by atoms with Gasteiger partial charge in [0.15, 0.2) is 0 Å². The van der Waals surface area contributed by atoms with Gasteiger partial charge in [-0.3, -0.25) is 9.88 Å². The van der Waals surface area contributed by atoms with Gasteiger partial charge in [0.25, 0.3) is 0 Å². The lowest BCUT2D eigenvalue weighted by Crippen LogP contribution is -2.33. The molecule has 0 aliphatic carbocycles. The van der Waals surface area contributed by atoms with Gasteiger partial charge in [0, 0.05) is 30.4 Å². The van der Waals surface area contributed by atoms with Gasteiger partial charge in [0.05, 0.1) is 5.52 Å². The lowest BCUT2D eigenvalue weighted by Gasteiger charge is -2.26. The van der Waals surface area contributed by atoms with Crippen LogP contribution in [-0.4, -0.2) is 42.7 Å². The molecule has 1 aromatic heterocycles. The van der Waals surface area contributed by atoms with E-state index in [0.29, 0.717) is 0 Å². The number of hydrogen-bond donors (Lipinski definition) is 1. The fourth-order valence-corrected chi connectivity index (χ4v) is 3.67. The highest BCUT2D eigenvalue weighted by atomic mass is 16.5. The van der Waals surface area contributed by atoms with Crippen LogP contribution >= 0.6 is 0 Å². The smallest absolute Gasteiger partial charge is 0.120 e. The lowest BCUT2D eigenvalue weighted by molar-refractivity contribution is 0.183. The highest BCUT2D eigenvalue weighted by Crippen LogP contribution is 2.31. The Balaban J connectivity index is 1.47. The van der Waals surface area contributed by atoms with Crippen LogP contribution in [-0.2, 0) is 6.42 Å². The molecule has 0 atom stereocenters. The molecule has 1 saturated heterocycles. The van der Waals surface area contributed by atoms with E-state index in [2.05, 4.69) is 27.3 Å². The molecule has 122 valence electrons. The first kappa shape index (κ1) is 14.8. The van der Waals surface area contributed by atoms with Crippen molar-refractivity contribution in [2.75, 3.05) is 38.1 Å². The Morgan fingerprint density at radius 2 is 2.04 bits per heavy atom. The number of hydrogen-bond acceptors (Lipinski definition) is 4. The van der Waals surface area contributed by atoms with Gasteiger partial charge < -0.3 is 10.1 Å². The minimum Gasteiger partial charge on any atom is -0.492 e. The van der Waals surface area contributed by atoms with Crippen molar-refractivity contribution >= 4 is 16.6 Å². The number of rotatable bonds is 4. The third-order valence-electron chi connectivity index (χ3n) is 4.97. The summed E-state index contributed by atoms with van der Waals surface area (Å²) in [5.74, 6) is 0.956. The summed E-state index contributed by atoms with van der Waals surface area (Å²) >= 11 is 0. The second-order valence-corrected chi connectivity index (χ2v) is 6.62. The molecule has 0 bridgehead atoms. The van der Waals surface area contributed by atoms with Crippen molar-refractivity contribution < 1.29 is 4.74 Å². The van der Waals surface area contributed by atoms with Crippen LogP contribution in [0.5, 0.6) is 5.75 Å². The van der Waals surface area contributed by atoms with Gasteiger partial charge in [-0.05, 0) is 62.5 Å². The Morgan fingerprint density at radius 1 is 1.13 bits per heavy atom. The minimum absolute atomic E-state index is 0.765. The average Bonchev–Trinajstić information content (AvgIpc) is 2.62. The highest BCUT2D eigenvalue weighted by Gasteiger charge is 2.14. The molecule has 1 N–H and O–H groups in total. The Labute approximate surface area is 137 Å². The molecule has 4 heteroatoms. The van der Waals surface area contributed by atoms with Crippen LogP contribution in [0.4, 0.5) is 5.69 Å². The molecule has 0 saturated carbocycles. The fraction of sp³-hybridized carbons (Fsp3) is 0.526. The number of ether oxygens (including phenoxy) is 1. The lowest BCUT2D eigenvalue weighted by atomic mass is 10.0. The molecule has 1 fully saturated rings. The SMILES string of the molecule is c1cc2ncc3c(c2cc1OCCN1CCCCC1)NCCC3. The third kappa shape index (κ3) is 3.27. The van der Waals surface area contributed by atoms with Crippen molar-refractivity contribution in [3.8, 4) is 5.75 Å². The van der Waals surface area contributed by atoms with Crippen LogP contribution in [0, 0.1) is 0 Å². The van der Waals surface area contributed by atoms with Crippen LogP contribution in [0.3, 0.4) is 0 Å². The van der Waals surface area contributed by atoms with E-state index in [1.807, 2.05) is 12.3 Å². The second kappa shape index (κ2) is 6.75. The van der Waals surface area contributed by atoms with E-state index in [1.54, 1.807) is 0 Å². The first-order valence-corrected chi connectivity index (χ1v) is 8.91. The summed E-state index contributed by atoms with van der Waals surface area (Å²) in [4.78, 5) is 7.09. The van der Waals surface area contributed by atoms with Crippen LogP contribution < -0.4 is 10.1 Å². The standard InChI is InChI=1S/C19H25N3O/c1-2-9-22(10-3-1)11-12-23-16-6-7-18-17(13-16)19-15(14-21-18)5-4-8-20-19/h6-7,13-14,20H,1-5,8-12H2. The third-order valence-corrected chi connectivity index (χ3v) is 4.97. The quantitative estimate of drug-likeness (QED) is 0.938. The van der Waals surface area contributed by atoms with Crippen molar-refractivity contribution in [3.63, 3.8) is 0 Å².